The first-order chi connectivity index (χ1) is 14.5. The zero-order valence-corrected chi connectivity index (χ0v) is 17.1. The fourth-order valence-corrected chi connectivity index (χ4v) is 3.77. The van der Waals surface area contributed by atoms with Gasteiger partial charge in [0.25, 0.3) is 0 Å². The molecule has 2 heterocycles. The Hall–Kier alpha value is -3.65. The summed E-state index contributed by atoms with van der Waals surface area (Å²) in [7, 11) is 1.62. The number of aryl methyl sites for hydroxylation is 1. The molecule has 4 rings (SSSR count). The number of carbonyl (C=O) groups is 1. The van der Waals surface area contributed by atoms with Gasteiger partial charge in [-0.25, -0.2) is 19.7 Å². The number of ether oxygens (including phenoxy) is 1. The van der Waals surface area contributed by atoms with Crippen molar-refractivity contribution < 1.29 is 14.6 Å². The molecule has 2 aromatic carbocycles. The highest BCUT2D eigenvalue weighted by atomic mass is 32.2. The van der Waals surface area contributed by atoms with Crippen LogP contribution < -0.4 is 10.1 Å². The number of anilines is 2. The molecule has 0 atom stereocenters. The Balaban J connectivity index is 1.73. The highest BCUT2D eigenvalue weighted by Crippen LogP contribution is 2.36. The van der Waals surface area contributed by atoms with Crippen LogP contribution in [-0.2, 0) is 0 Å². The number of hydrogen-bond donors (Lipinski definition) is 2. The smallest absolute Gasteiger partial charge is 0.335 e. The van der Waals surface area contributed by atoms with Crippen LogP contribution in [0.3, 0.4) is 0 Å². The summed E-state index contributed by atoms with van der Waals surface area (Å²) < 4.78 is 5.21. The van der Waals surface area contributed by atoms with Crippen molar-refractivity contribution in [2.45, 2.75) is 16.7 Å². The van der Waals surface area contributed by atoms with Crippen molar-refractivity contribution in [1.82, 2.24) is 15.0 Å². The highest BCUT2D eigenvalue weighted by Gasteiger charge is 2.13. The molecule has 150 valence electrons. The number of aromatic nitrogens is 3. The van der Waals surface area contributed by atoms with Gasteiger partial charge in [-0.05, 0) is 61.5 Å². The maximum atomic E-state index is 11.5. The molecule has 2 aromatic heterocycles. The first kappa shape index (κ1) is 19.7. The zero-order chi connectivity index (χ0) is 21.1. The zero-order valence-electron chi connectivity index (χ0n) is 16.3. The molecule has 0 aliphatic carbocycles. The number of carboxylic acid groups (broad SMARTS) is 1. The van der Waals surface area contributed by atoms with Crippen LogP contribution in [0, 0.1) is 6.92 Å². The van der Waals surface area contributed by atoms with Gasteiger partial charge >= 0.3 is 5.97 Å². The summed E-state index contributed by atoms with van der Waals surface area (Å²) in [6, 6.07) is 16.4. The third-order valence-corrected chi connectivity index (χ3v) is 5.49. The number of benzene rings is 2. The van der Waals surface area contributed by atoms with Gasteiger partial charge in [0.05, 0.1) is 23.7 Å². The molecule has 0 amide bonds. The number of carboxylic acids is 1. The van der Waals surface area contributed by atoms with Crippen molar-refractivity contribution in [3.8, 4) is 5.75 Å². The summed E-state index contributed by atoms with van der Waals surface area (Å²) in [4.78, 5) is 26.4. The van der Waals surface area contributed by atoms with Crippen molar-refractivity contribution >= 4 is 40.3 Å². The van der Waals surface area contributed by atoms with Crippen LogP contribution in [0.25, 0.3) is 11.0 Å². The van der Waals surface area contributed by atoms with Crippen LogP contribution in [0.15, 0.2) is 70.7 Å². The number of hydrogen-bond acceptors (Lipinski definition) is 7. The quantitative estimate of drug-likeness (QED) is 0.455. The van der Waals surface area contributed by atoms with E-state index in [0.29, 0.717) is 17.2 Å². The normalized spacial score (nSPS) is 10.7. The predicted molar refractivity (Wildman–Crippen MR) is 116 cm³/mol. The number of pyridine rings is 1. The van der Waals surface area contributed by atoms with Gasteiger partial charge in [-0.1, -0.05) is 11.8 Å². The van der Waals surface area contributed by atoms with E-state index in [4.69, 9.17) is 4.74 Å². The lowest BCUT2D eigenvalue weighted by Gasteiger charge is -2.14. The van der Waals surface area contributed by atoms with E-state index >= 15 is 0 Å². The Labute approximate surface area is 177 Å². The van der Waals surface area contributed by atoms with Crippen molar-refractivity contribution in [3.05, 3.63) is 72.2 Å². The first-order valence-electron chi connectivity index (χ1n) is 9.08. The number of nitrogens with zero attached hydrogens (tertiary/aromatic N) is 3. The molecule has 30 heavy (non-hydrogen) atoms. The minimum atomic E-state index is -0.996. The van der Waals surface area contributed by atoms with Crippen molar-refractivity contribution in [2.75, 3.05) is 12.4 Å². The number of methoxy groups -OCH3 is 1. The van der Waals surface area contributed by atoms with E-state index in [-0.39, 0.29) is 5.56 Å². The van der Waals surface area contributed by atoms with Gasteiger partial charge in [0.15, 0.2) is 5.65 Å². The number of aromatic carboxylic acids is 1. The fourth-order valence-electron chi connectivity index (χ4n) is 2.88. The predicted octanol–water partition coefficient (Wildman–Crippen LogP) is 4.93. The fraction of sp³-hybridized carbons (Fsp3) is 0.0909. The number of nitrogens with one attached hydrogen (secondary N) is 1. The van der Waals surface area contributed by atoms with Gasteiger partial charge in [0.2, 0.25) is 0 Å². The van der Waals surface area contributed by atoms with E-state index < -0.39 is 5.97 Å². The standard InChI is InChI=1S/C22H18N4O3S/c1-13-3-9-17-20(25-13)23-12-24-21(17)26-18-11-14(22(27)28)4-10-19(18)30-16-7-5-15(29-2)6-8-16/h3-12H,1-2H3,(H,27,28)(H,23,24,25,26). The Bertz CT molecular complexity index is 1230. The number of rotatable bonds is 6. The van der Waals surface area contributed by atoms with E-state index in [1.54, 1.807) is 25.3 Å². The number of fused-ring (bicyclic) bond motifs is 1. The minimum absolute atomic E-state index is 0.184. The molecule has 4 aromatic rings. The van der Waals surface area contributed by atoms with E-state index in [2.05, 4.69) is 20.3 Å². The molecule has 7 nitrogen and oxygen atoms in total. The molecule has 0 aliphatic heterocycles. The van der Waals surface area contributed by atoms with Gasteiger partial charge in [0, 0.05) is 15.5 Å². The third kappa shape index (κ3) is 4.18. The Morgan fingerprint density at radius 2 is 1.87 bits per heavy atom. The molecule has 0 aliphatic rings. The second-order valence-electron chi connectivity index (χ2n) is 6.46. The molecule has 0 radical (unpaired) electrons. The van der Waals surface area contributed by atoms with Crippen LogP contribution in [0.4, 0.5) is 11.5 Å². The van der Waals surface area contributed by atoms with Crippen LogP contribution in [0.5, 0.6) is 5.75 Å². The van der Waals surface area contributed by atoms with E-state index in [1.807, 2.05) is 43.3 Å². The molecule has 0 saturated carbocycles. The van der Waals surface area contributed by atoms with Gasteiger partial charge in [-0.2, -0.15) is 0 Å². The topological polar surface area (TPSA) is 97.2 Å². The molecule has 8 heteroatoms. The lowest BCUT2D eigenvalue weighted by molar-refractivity contribution is 0.0697. The van der Waals surface area contributed by atoms with Crippen molar-refractivity contribution in [3.63, 3.8) is 0 Å². The molecular formula is C22H18N4O3S. The van der Waals surface area contributed by atoms with Crippen LogP contribution in [0.1, 0.15) is 16.1 Å². The summed E-state index contributed by atoms with van der Waals surface area (Å²) in [5, 5.41) is 13.5. The molecule has 0 fully saturated rings. The average molecular weight is 418 g/mol. The van der Waals surface area contributed by atoms with E-state index in [1.165, 1.54) is 18.1 Å². The average Bonchev–Trinajstić information content (AvgIpc) is 2.75. The molecule has 0 unspecified atom stereocenters. The lowest BCUT2D eigenvalue weighted by Crippen LogP contribution is -2.02. The van der Waals surface area contributed by atoms with E-state index in [9.17, 15) is 9.90 Å². The van der Waals surface area contributed by atoms with Crippen molar-refractivity contribution in [2.24, 2.45) is 0 Å². The van der Waals surface area contributed by atoms with Gasteiger partial charge in [-0.3, -0.25) is 0 Å². The summed E-state index contributed by atoms with van der Waals surface area (Å²) in [6.45, 7) is 1.90. The van der Waals surface area contributed by atoms with Crippen LogP contribution in [-0.4, -0.2) is 33.1 Å². The van der Waals surface area contributed by atoms with E-state index in [0.717, 1.165) is 26.6 Å². The van der Waals surface area contributed by atoms with Gasteiger partial charge < -0.3 is 15.2 Å². The molecule has 2 N–H and O–H groups in total. The van der Waals surface area contributed by atoms with Crippen LogP contribution >= 0.6 is 11.8 Å². The monoisotopic (exact) mass is 418 g/mol. The Kier molecular flexibility index (Phi) is 5.49. The second kappa shape index (κ2) is 8.38. The van der Waals surface area contributed by atoms with Crippen molar-refractivity contribution in [1.29, 1.82) is 0 Å². The third-order valence-electron chi connectivity index (χ3n) is 4.40. The Morgan fingerprint density at radius 1 is 1.07 bits per heavy atom. The summed E-state index contributed by atoms with van der Waals surface area (Å²) in [6.07, 6.45) is 1.44. The van der Waals surface area contributed by atoms with Gasteiger partial charge in [-0.15, -0.1) is 0 Å². The summed E-state index contributed by atoms with van der Waals surface area (Å²) >= 11 is 1.51. The van der Waals surface area contributed by atoms with Gasteiger partial charge in [0.1, 0.15) is 17.9 Å². The maximum Gasteiger partial charge on any atom is 0.335 e. The molecule has 0 spiro atoms. The first-order valence-corrected chi connectivity index (χ1v) is 9.90. The summed E-state index contributed by atoms with van der Waals surface area (Å²) in [5.74, 6) is 0.338. The molecular weight excluding hydrogens is 400 g/mol. The molecule has 0 saturated heterocycles. The maximum absolute atomic E-state index is 11.5. The van der Waals surface area contributed by atoms with Crippen LogP contribution in [0.2, 0.25) is 0 Å². The second-order valence-corrected chi connectivity index (χ2v) is 7.58. The largest absolute Gasteiger partial charge is 0.497 e. The minimum Gasteiger partial charge on any atom is -0.497 e. The Morgan fingerprint density at radius 3 is 2.60 bits per heavy atom. The molecule has 0 bridgehead atoms. The highest BCUT2D eigenvalue weighted by molar-refractivity contribution is 7.99. The summed E-state index contributed by atoms with van der Waals surface area (Å²) in [5.41, 5.74) is 2.25. The lowest BCUT2D eigenvalue weighted by atomic mass is 10.2. The SMILES string of the molecule is COc1ccc(Sc2ccc(C(=O)O)cc2Nc2ncnc3nc(C)ccc23)cc1.